The predicted octanol–water partition coefficient (Wildman–Crippen LogP) is 3.08. The first-order valence-corrected chi connectivity index (χ1v) is 9.22. The van der Waals surface area contributed by atoms with E-state index >= 15 is 0 Å². The van der Waals surface area contributed by atoms with Crippen LogP contribution in [0.4, 0.5) is 14.5 Å². The number of ether oxygens (including phenoxy) is 1. The van der Waals surface area contributed by atoms with Crippen molar-refractivity contribution in [2.75, 3.05) is 11.9 Å². The molecule has 0 radical (unpaired) electrons. The van der Waals surface area contributed by atoms with Crippen molar-refractivity contribution in [3.63, 3.8) is 0 Å². The van der Waals surface area contributed by atoms with Gasteiger partial charge in [0.15, 0.2) is 12.4 Å². The highest BCUT2D eigenvalue weighted by molar-refractivity contribution is 5.96. The molecule has 0 saturated heterocycles. The summed E-state index contributed by atoms with van der Waals surface area (Å²) in [4.78, 5) is 36.8. The third-order valence-electron chi connectivity index (χ3n) is 4.17. The van der Waals surface area contributed by atoms with E-state index in [0.717, 1.165) is 23.8 Å². The highest BCUT2D eigenvalue weighted by atomic mass is 19.1. The molecule has 0 bridgehead atoms. The maximum absolute atomic E-state index is 13.6. The molecule has 2 aromatic carbocycles. The van der Waals surface area contributed by atoms with E-state index in [1.165, 1.54) is 18.4 Å². The van der Waals surface area contributed by atoms with Gasteiger partial charge in [0.25, 0.3) is 11.8 Å². The summed E-state index contributed by atoms with van der Waals surface area (Å²) in [5, 5.41) is 4.63. The van der Waals surface area contributed by atoms with Gasteiger partial charge in [0.2, 0.25) is 0 Å². The van der Waals surface area contributed by atoms with Crippen LogP contribution in [0.5, 0.6) is 0 Å². The van der Waals surface area contributed by atoms with Gasteiger partial charge in [-0.2, -0.15) is 0 Å². The summed E-state index contributed by atoms with van der Waals surface area (Å²) in [5.41, 5.74) is 0.364. The molecule has 160 valence electrons. The molecule has 1 atom stereocenters. The fourth-order valence-corrected chi connectivity index (χ4v) is 2.70. The Labute approximate surface area is 176 Å². The standard InChI is InChI=1S/C22H18F2N2O5/c23-15-8-9-16(24)17(12-15)25-20(27)13-31-22(29)18(11-14-5-2-1-3-6-14)26-21(28)19-7-4-10-30-19/h1-10,12,18H,11,13H2,(H,25,27)(H,26,28)/t18-/m1/s1. The first-order valence-electron chi connectivity index (χ1n) is 9.22. The van der Waals surface area contributed by atoms with E-state index in [9.17, 15) is 23.2 Å². The first-order chi connectivity index (χ1) is 14.9. The van der Waals surface area contributed by atoms with E-state index in [1.807, 2.05) is 0 Å². The number of carbonyl (C=O) groups excluding carboxylic acids is 3. The Kier molecular flexibility index (Phi) is 7.10. The molecular weight excluding hydrogens is 410 g/mol. The van der Waals surface area contributed by atoms with Crippen LogP contribution in [0, 0.1) is 11.6 Å². The number of nitrogens with one attached hydrogen (secondary N) is 2. The van der Waals surface area contributed by atoms with Crippen molar-refractivity contribution in [3.8, 4) is 0 Å². The molecule has 0 aliphatic carbocycles. The van der Waals surface area contributed by atoms with Gasteiger partial charge in [0.05, 0.1) is 12.0 Å². The zero-order chi connectivity index (χ0) is 22.2. The number of hydrogen-bond acceptors (Lipinski definition) is 5. The van der Waals surface area contributed by atoms with Crippen LogP contribution < -0.4 is 10.6 Å². The highest BCUT2D eigenvalue weighted by Crippen LogP contribution is 2.15. The summed E-state index contributed by atoms with van der Waals surface area (Å²) < 4.78 is 36.8. The van der Waals surface area contributed by atoms with Gasteiger partial charge in [-0.3, -0.25) is 9.59 Å². The van der Waals surface area contributed by atoms with Crippen LogP contribution in [0.3, 0.4) is 0 Å². The number of halogens is 2. The van der Waals surface area contributed by atoms with Crippen LogP contribution >= 0.6 is 0 Å². The van der Waals surface area contributed by atoms with E-state index in [0.29, 0.717) is 0 Å². The van der Waals surface area contributed by atoms with E-state index in [1.54, 1.807) is 30.3 Å². The summed E-state index contributed by atoms with van der Waals surface area (Å²) in [7, 11) is 0. The Hall–Kier alpha value is -4.01. The van der Waals surface area contributed by atoms with Crippen molar-refractivity contribution in [2.45, 2.75) is 12.5 Å². The molecule has 0 spiro atoms. The van der Waals surface area contributed by atoms with Gasteiger partial charge in [-0.1, -0.05) is 30.3 Å². The van der Waals surface area contributed by atoms with Gasteiger partial charge in [-0.25, -0.2) is 13.6 Å². The predicted molar refractivity (Wildman–Crippen MR) is 106 cm³/mol. The number of esters is 1. The Morgan fingerprint density at radius 3 is 2.48 bits per heavy atom. The topological polar surface area (TPSA) is 97.6 Å². The Morgan fingerprint density at radius 2 is 1.77 bits per heavy atom. The fraction of sp³-hybridized carbons (Fsp3) is 0.136. The van der Waals surface area contributed by atoms with Crippen molar-refractivity contribution in [3.05, 3.63) is 89.9 Å². The largest absolute Gasteiger partial charge is 0.459 e. The smallest absolute Gasteiger partial charge is 0.329 e. The summed E-state index contributed by atoms with van der Waals surface area (Å²) >= 11 is 0. The molecule has 0 aliphatic rings. The molecule has 9 heteroatoms. The number of furan rings is 1. The normalized spacial score (nSPS) is 11.4. The molecule has 0 fully saturated rings. The molecule has 3 aromatic rings. The summed E-state index contributed by atoms with van der Waals surface area (Å²) in [5.74, 6) is -3.95. The molecule has 1 heterocycles. The maximum Gasteiger partial charge on any atom is 0.329 e. The van der Waals surface area contributed by atoms with Gasteiger partial charge >= 0.3 is 5.97 Å². The molecule has 3 rings (SSSR count). The number of benzene rings is 2. The van der Waals surface area contributed by atoms with Crippen LogP contribution in [0.1, 0.15) is 16.1 Å². The van der Waals surface area contributed by atoms with Gasteiger partial charge in [-0.05, 0) is 29.8 Å². The van der Waals surface area contributed by atoms with E-state index < -0.39 is 42.1 Å². The lowest BCUT2D eigenvalue weighted by Gasteiger charge is -2.17. The Morgan fingerprint density at radius 1 is 1.00 bits per heavy atom. The SMILES string of the molecule is O=C(COC(=O)[C@@H](Cc1ccccc1)NC(=O)c1ccco1)Nc1cc(F)ccc1F. The minimum absolute atomic E-state index is 0.00480. The van der Waals surface area contributed by atoms with Crippen molar-refractivity contribution < 1.29 is 32.3 Å². The second kappa shape index (κ2) is 10.1. The molecular formula is C22H18F2N2O5. The average Bonchev–Trinajstić information content (AvgIpc) is 3.30. The fourth-order valence-electron chi connectivity index (χ4n) is 2.70. The van der Waals surface area contributed by atoms with Crippen molar-refractivity contribution >= 4 is 23.5 Å². The van der Waals surface area contributed by atoms with E-state index in [4.69, 9.17) is 9.15 Å². The molecule has 0 saturated carbocycles. The molecule has 1 aromatic heterocycles. The van der Waals surface area contributed by atoms with Crippen molar-refractivity contribution in [1.29, 1.82) is 0 Å². The summed E-state index contributed by atoms with van der Waals surface area (Å²) in [6.45, 7) is -0.753. The minimum Gasteiger partial charge on any atom is -0.459 e. The number of amides is 2. The van der Waals surface area contributed by atoms with Gasteiger partial charge in [0.1, 0.15) is 17.7 Å². The zero-order valence-corrected chi connectivity index (χ0v) is 16.1. The number of anilines is 1. The zero-order valence-electron chi connectivity index (χ0n) is 16.1. The summed E-state index contributed by atoms with van der Waals surface area (Å²) in [6.07, 6.45) is 1.42. The monoisotopic (exact) mass is 428 g/mol. The number of carbonyl (C=O) groups is 3. The Bertz CT molecular complexity index is 1060. The van der Waals surface area contributed by atoms with E-state index in [-0.39, 0.29) is 17.9 Å². The van der Waals surface area contributed by atoms with Crippen LogP contribution in [-0.2, 0) is 20.7 Å². The van der Waals surface area contributed by atoms with Gasteiger partial charge < -0.3 is 19.8 Å². The second-order valence-electron chi connectivity index (χ2n) is 6.47. The van der Waals surface area contributed by atoms with Crippen LogP contribution in [0.25, 0.3) is 0 Å². The molecule has 0 unspecified atom stereocenters. The van der Waals surface area contributed by atoms with E-state index in [2.05, 4.69) is 10.6 Å². The lowest BCUT2D eigenvalue weighted by Crippen LogP contribution is -2.44. The molecule has 2 N–H and O–H groups in total. The van der Waals surface area contributed by atoms with Gasteiger partial charge in [0, 0.05) is 12.5 Å². The molecule has 0 aliphatic heterocycles. The number of hydrogen-bond donors (Lipinski definition) is 2. The van der Waals surface area contributed by atoms with Crippen LogP contribution in [0.15, 0.2) is 71.3 Å². The first kappa shape index (κ1) is 21.7. The average molecular weight is 428 g/mol. The van der Waals surface area contributed by atoms with Crippen LogP contribution in [-0.4, -0.2) is 30.4 Å². The third-order valence-corrected chi connectivity index (χ3v) is 4.17. The molecule has 31 heavy (non-hydrogen) atoms. The maximum atomic E-state index is 13.6. The molecule has 2 amide bonds. The third kappa shape index (κ3) is 6.23. The quantitative estimate of drug-likeness (QED) is 0.538. The van der Waals surface area contributed by atoms with Gasteiger partial charge in [-0.15, -0.1) is 0 Å². The lowest BCUT2D eigenvalue weighted by atomic mass is 10.1. The Balaban J connectivity index is 1.63. The van der Waals surface area contributed by atoms with Crippen molar-refractivity contribution in [1.82, 2.24) is 5.32 Å². The lowest BCUT2D eigenvalue weighted by molar-refractivity contribution is -0.149. The highest BCUT2D eigenvalue weighted by Gasteiger charge is 2.25. The van der Waals surface area contributed by atoms with Crippen molar-refractivity contribution in [2.24, 2.45) is 0 Å². The second-order valence-corrected chi connectivity index (χ2v) is 6.47. The number of rotatable bonds is 8. The minimum atomic E-state index is -1.11. The summed E-state index contributed by atoms with van der Waals surface area (Å²) in [6, 6.07) is 13.3. The molecule has 7 nitrogen and oxygen atoms in total. The van der Waals surface area contributed by atoms with Crippen LogP contribution in [0.2, 0.25) is 0 Å².